The number of benzene rings is 1. The highest BCUT2D eigenvalue weighted by molar-refractivity contribution is 7.80. The predicted octanol–water partition coefficient (Wildman–Crippen LogP) is 0.578. The molecular weight excluding hydrogens is 444 g/mol. The molecular formula is C23H34N4O5S. The molecule has 9 nitrogen and oxygen atoms in total. The van der Waals surface area contributed by atoms with E-state index in [0.717, 1.165) is 5.56 Å². The van der Waals surface area contributed by atoms with Crippen LogP contribution >= 0.6 is 12.6 Å². The monoisotopic (exact) mass is 478 g/mol. The Balaban J connectivity index is 2.21. The van der Waals surface area contributed by atoms with Crippen LogP contribution < -0.4 is 16.4 Å². The van der Waals surface area contributed by atoms with Gasteiger partial charge in [0, 0.05) is 18.7 Å². The first-order valence-corrected chi connectivity index (χ1v) is 11.9. The van der Waals surface area contributed by atoms with E-state index in [1.807, 2.05) is 37.3 Å². The van der Waals surface area contributed by atoms with E-state index in [1.165, 1.54) is 4.90 Å². The molecule has 5 atom stereocenters. The summed E-state index contributed by atoms with van der Waals surface area (Å²) in [5.41, 5.74) is 6.63. The van der Waals surface area contributed by atoms with Gasteiger partial charge in [-0.1, -0.05) is 50.6 Å². The zero-order chi connectivity index (χ0) is 24.5. The number of aliphatic carboxylic acids is 1. The first kappa shape index (κ1) is 26.7. The van der Waals surface area contributed by atoms with Crippen LogP contribution in [-0.2, 0) is 25.6 Å². The fraction of sp³-hybridized carbons (Fsp3) is 0.565. The van der Waals surface area contributed by atoms with E-state index in [1.54, 1.807) is 6.92 Å². The lowest BCUT2D eigenvalue weighted by atomic mass is 9.98. The molecule has 33 heavy (non-hydrogen) atoms. The highest BCUT2D eigenvalue weighted by Crippen LogP contribution is 2.19. The number of hydrogen-bond donors (Lipinski definition) is 5. The summed E-state index contributed by atoms with van der Waals surface area (Å²) in [6.07, 6.45) is 1.86. The largest absolute Gasteiger partial charge is 0.480 e. The summed E-state index contributed by atoms with van der Waals surface area (Å²) in [6, 6.07) is 5.52. The molecule has 1 aromatic carbocycles. The predicted molar refractivity (Wildman–Crippen MR) is 128 cm³/mol. The number of nitrogens with zero attached hydrogens (tertiary/aromatic N) is 1. The van der Waals surface area contributed by atoms with Gasteiger partial charge in [0.25, 0.3) is 0 Å². The third-order valence-corrected chi connectivity index (χ3v) is 6.44. The van der Waals surface area contributed by atoms with Crippen LogP contribution in [0.15, 0.2) is 30.3 Å². The Kier molecular flexibility index (Phi) is 10.2. The van der Waals surface area contributed by atoms with Gasteiger partial charge in [-0.15, -0.1) is 0 Å². The molecule has 1 saturated heterocycles. The molecule has 0 spiro atoms. The van der Waals surface area contributed by atoms with Crippen molar-refractivity contribution < 1.29 is 24.3 Å². The molecule has 3 amide bonds. The fourth-order valence-electron chi connectivity index (χ4n) is 3.86. The van der Waals surface area contributed by atoms with Gasteiger partial charge in [-0.25, -0.2) is 4.79 Å². The molecule has 1 aliphatic rings. The van der Waals surface area contributed by atoms with E-state index >= 15 is 0 Å². The zero-order valence-corrected chi connectivity index (χ0v) is 20.0. The number of nitrogens with one attached hydrogen (secondary N) is 2. The van der Waals surface area contributed by atoms with Gasteiger partial charge in [-0.2, -0.15) is 12.6 Å². The topological polar surface area (TPSA) is 142 Å². The van der Waals surface area contributed by atoms with Gasteiger partial charge in [0.15, 0.2) is 0 Å². The maximum Gasteiger partial charge on any atom is 0.326 e. The SMILES string of the molecule is CCC(C)C(NC(=O)C(Cc1ccccc1)NC(=O)C1CCCN1C(=O)C(N)CS)C(=O)O. The van der Waals surface area contributed by atoms with Crippen molar-refractivity contribution in [3.05, 3.63) is 35.9 Å². The van der Waals surface area contributed by atoms with Crippen LogP contribution in [0.2, 0.25) is 0 Å². The second-order valence-electron chi connectivity index (χ2n) is 8.44. The summed E-state index contributed by atoms with van der Waals surface area (Å²) >= 11 is 4.07. The molecule has 1 aliphatic heterocycles. The van der Waals surface area contributed by atoms with Crippen LogP contribution in [0.4, 0.5) is 0 Å². The Labute approximate surface area is 199 Å². The van der Waals surface area contributed by atoms with Crippen LogP contribution in [-0.4, -0.2) is 70.2 Å². The van der Waals surface area contributed by atoms with Crippen molar-refractivity contribution in [1.29, 1.82) is 0 Å². The lowest BCUT2D eigenvalue weighted by Crippen LogP contribution is -2.58. The van der Waals surface area contributed by atoms with Gasteiger partial charge in [-0.3, -0.25) is 14.4 Å². The Hall–Kier alpha value is -2.59. The van der Waals surface area contributed by atoms with E-state index in [2.05, 4.69) is 23.3 Å². The molecule has 0 aliphatic carbocycles. The van der Waals surface area contributed by atoms with E-state index in [4.69, 9.17) is 5.73 Å². The van der Waals surface area contributed by atoms with Crippen LogP contribution in [0.25, 0.3) is 0 Å². The van der Waals surface area contributed by atoms with Gasteiger partial charge >= 0.3 is 5.97 Å². The minimum atomic E-state index is -1.13. The molecule has 0 aromatic heterocycles. The van der Waals surface area contributed by atoms with Gasteiger partial charge < -0.3 is 26.4 Å². The summed E-state index contributed by atoms with van der Waals surface area (Å²) in [7, 11) is 0. The maximum absolute atomic E-state index is 13.1. The number of likely N-dealkylation sites (tertiary alicyclic amines) is 1. The standard InChI is InChI=1S/C23H34N4O5S/c1-3-14(2)19(23(31)32)26-20(28)17(12-15-8-5-4-6-9-15)25-21(29)18-10-7-11-27(18)22(30)16(24)13-33/h4-6,8-9,14,16-19,33H,3,7,10-13,24H2,1-2H3,(H,25,29)(H,26,28)(H,31,32). The molecule has 0 saturated carbocycles. The van der Waals surface area contributed by atoms with E-state index in [9.17, 15) is 24.3 Å². The molecule has 0 radical (unpaired) electrons. The number of carbonyl (C=O) groups is 4. The van der Waals surface area contributed by atoms with E-state index < -0.39 is 42.0 Å². The number of carbonyl (C=O) groups excluding carboxylic acids is 3. The van der Waals surface area contributed by atoms with Gasteiger partial charge in [0.05, 0.1) is 6.04 Å². The molecule has 5 N–H and O–H groups in total. The molecule has 1 heterocycles. The summed E-state index contributed by atoms with van der Waals surface area (Å²) in [4.78, 5) is 51.9. The second-order valence-corrected chi connectivity index (χ2v) is 8.80. The summed E-state index contributed by atoms with van der Waals surface area (Å²) in [5.74, 6) is -2.65. The van der Waals surface area contributed by atoms with Crippen molar-refractivity contribution in [2.24, 2.45) is 11.7 Å². The van der Waals surface area contributed by atoms with E-state index in [0.29, 0.717) is 25.8 Å². The molecule has 1 fully saturated rings. The van der Waals surface area contributed by atoms with Crippen LogP contribution in [0.1, 0.15) is 38.7 Å². The number of rotatable bonds is 11. The molecule has 5 unspecified atom stereocenters. The minimum Gasteiger partial charge on any atom is -0.480 e. The average molecular weight is 479 g/mol. The number of carboxylic acids is 1. The minimum absolute atomic E-state index is 0.162. The Morgan fingerprint density at radius 1 is 1.21 bits per heavy atom. The molecule has 2 rings (SSSR count). The normalized spacial score (nSPS) is 19.3. The van der Waals surface area contributed by atoms with Crippen molar-refractivity contribution in [3.8, 4) is 0 Å². The smallest absolute Gasteiger partial charge is 0.326 e. The Morgan fingerprint density at radius 3 is 2.45 bits per heavy atom. The number of carboxylic acid groups (broad SMARTS) is 1. The summed E-state index contributed by atoms with van der Waals surface area (Å²) < 4.78 is 0. The summed E-state index contributed by atoms with van der Waals surface area (Å²) in [5, 5.41) is 14.9. The quantitative estimate of drug-likeness (QED) is 0.295. The first-order valence-electron chi connectivity index (χ1n) is 11.2. The molecule has 0 bridgehead atoms. The van der Waals surface area contributed by atoms with E-state index in [-0.39, 0.29) is 24.0 Å². The Bertz CT molecular complexity index is 837. The number of nitrogens with two attached hydrogens (primary N) is 1. The molecule has 182 valence electrons. The molecule has 10 heteroatoms. The highest BCUT2D eigenvalue weighted by Gasteiger charge is 2.38. The number of hydrogen-bond acceptors (Lipinski definition) is 6. The highest BCUT2D eigenvalue weighted by atomic mass is 32.1. The Morgan fingerprint density at radius 2 is 1.88 bits per heavy atom. The van der Waals surface area contributed by atoms with Gasteiger partial charge in [0.1, 0.15) is 18.1 Å². The fourth-order valence-corrected chi connectivity index (χ4v) is 4.01. The zero-order valence-electron chi connectivity index (χ0n) is 19.1. The second kappa shape index (κ2) is 12.6. The van der Waals surface area contributed by atoms with Crippen molar-refractivity contribution in [2.75, 3.05) is 12.3 Å². The maximum atomic E-state index is 13.1. The van der Waals surface area contributed by atoms with Crippen LogP contribution in [0.5, 0.6) is 0 Å². The van der Waals surface area contributed by atoms with Gasteiger partial charge in [-0.05, 0) is 24.3 Å². The third-order valence-electron chi connectivity index (χ3n) is 6.04. The first-order chi connectivity index (χ1) is 15.7. The molecule has 1 aromatic rings. The number of thiol groups is 1. The number of amides is 3. The van der Waals surface area contributed by atoms with Crippen molar-refractivity contribution in [1.82, 2.24) is 15.5 Å². The van der Waals surface area contributed by atoms with Crippen molar-refractivity contribution in [2.45, 2.75) is 63.7 Å². The van der Waals surface area contributed by atoms with Crippen LogP contribution in [0.3, 0.4) is 0 Å². The third kappa shape index (κ3) is 7.20. The van der Waals surface area contributed by atoms with Crippen LogP contribution in [0, 0.1) is 5.92 Å². The summed E-state index contributed by atoms with van der Waals surface area (Å²) in [6.45, 7) is 4.00. The van der Waals surface area contributed by atoms with Gasteiger partial charge in [0.2, 0.25) is 17.7 Å². The lowest BCUT2D eigenvalue weighted by Gasteiger charge is -2.29. The van der Waals surface area contributed by atoms with Crippen molar-refractivity contribution >= 4 is 36.3 Å². The van der Waals surface area contributed by atoms with Crippen molar-refractivity contribution in [3.63, 3.8) is 0 Å². The average Bonchev–Trinajstić information content (AvgIpc) is 3.31. The lowest BCUT2D eigenvalue weighted by molar-refractivity contribution is -0.144.